The summed E-state index contributed by atoms with van der Waals surface area (Å²) < 4.78 is 51.5. The minimum atomic E-state index is -1.38. The average Bonchev–Trinajstić information content (AvgIpc) is 3.62. The van der Waals surface area contributed by atoms with Crippen molar-refractivity contribution in [3.8, 4) is 0 Å². The van der Waals surface area contributed by atoms with Gasteiger partial charge in [0.2, 0.25) is 0 Å². The van der Waals surface area contributed by atoms with E-state index in [0.717, 1.165) is 5.56 Å². The van der Waals surface area contributed by atoms with Crippen LogP contribution in [0.4, 0.5) is 0 Å². The summed E-state index contributed by atoms with van der Waals surface area (Å²) in [5.41, 5.74) is -4.68. The van der Waals surface area contributed by atoms with Crippen LogP contribution in [0.25, 0.3) is 0 Å². The van der Waals surface area contributed by atoms with Crippen LogP contribution in [0.1, 0.15) is 77.9 Å². The molecule has 4 heterocycles. The van der Waals surface area contributed by atoms with E-state index >= 15 is 0 Å². The number of hydrogen-bond donors (Lipinski definition) is 0. The zero-order valence-corrected chi connectivity index (χ0v) is 24.9. The highest BCUT2D eigenvalue weighted by Gasteiger charge is 3.02. The van der Waals surface area contributed by atoms with Crippen molar-refractivity contribution in [1.29, 1.82) is 0 Å². The summed E-state index contributed by atoms with van der Waals surface area (Å²) in [6.07, 6.45) is 5.06. The molecule has 0 radical (unpaired) electrons. The molecule has 3 spiro atoms. The fourth-order valence-corrected chi connectivity index (χ4v) is 12.4. The predicted molar refractivity (Wildman–Crippen MR) is 139 cm³/mol. The van der Waals surface area contributed by atoms with Crippen molar-refractivity contribution in [1.82, 2.24) is 0 Å². The SMILES string of the molecule is COC(=O)CC1C2(C)CC3(OC)C4OC(=O)CC5C(C)(C(OC)c6ccoc6)CCC67OC(C)(OC546)OC3(C2)C17C. The third-order valence-corrected chi connectivity index (χ3v) is 13.3. The van der Waals surface area contributed by atoms with Gasteiger partial charge >= 0.3 is 11.9 Å². The van der Waals surface area contributed by atoms with Crippen LogP contribution in [0.2, 0.25) is 0 Å². The zero-order valence-electron chi connectivity index (χ0n) is 24.9. The van der Waals surface area contributed by atoms with Crippen LogP contribution in [0, 0.1) is 28.1 Å². The summed E-state index contributed by atoms with van der Waals surface area (Å²) in [5, 5.41) is 0. The van der Waals surface area contributed by atoms with Crippen LogP contribution in [-0.2, 0) is 42.7 Å². The molecule has 7 aliphatic rings. The molecule has 0 aromatic carbocycles. The second kappa shape index (κ2) is 7.38. The van der Waals surface area contributed by atoms with Crippen LogP contribution in [0.5, 0.6) is 0 Å². The summed E-state index contributed by atoms with van der Waals surface area (Å²) in [7, 11) is 4.83. The number of furan rings is 1. The highest BCUT2D eigenvalue weighted by molar-refractivity contribution is 5.74. The smallest absolute Gasteiger partial charge is 0.306 e. The van der Waals surface area contributed by atoms with Gasteiger partial charge in [-0.15, -0.1) is 0 Å². The fraction of sp³-hybridized carbons (Fsp3) is 0.806. The molecule has 10 nitrogen and oxygen atoms in total. The molecule has 0 N–H and O–H groups in total. The Morgan fingerprint density at radius 1 is 1.05 bits per heavy atom. The molecule has 3 saturated heterocycles. The number of hydrogen-bond acceptors (Lipinski definition) is 10. The second-order valence-electron chi connectivity index (χ2n) is 14.6. The summed E-state index contributed by atoms with van der Waals surface area (Å²) in [6, 6.07) is 1.92. The number of carbonyl (C=O) groups is 2. The number of carbonyl (C=O) groups excluding carboxylic acids is 2. The molecule has 12 unspecified atom stereocenters. The Morgan fingerprint density at radius 3 is 2.46 bits per heavy atom. The fourth-order valence-electron chi connectivity index (χ4n) is 12.4. The van der Waals surface area contributed by atoms with Gasteiger partial charge in [0.05, 0.1) is 32.2 Å². The molecule has 4 saturated carbocycles. The molecule has 1 aromatic rings. The van der Waals surface area contributed by atoms with Gasteiger partial charge in [-0.3, -0.25) is 9.59 Å². The molecule has 7 fully saturated rings. The lowest BCUT2D eigenvalue weighted by molar-refractivity contribution is -0.474. The van der Waals surface area contributed by atoms with Gasteiger partial charge in [-0.2, -0.15) is 0 Å². The van der Waals surface area contributed by atoms with E-state index in [4.69, 9.17) is 37.6 Å². The van der Waals surface area contributed by atoms with Gasteiger partial charge in [0, 0.05) is 49.9 Å². The molecule has 12 atom stereocenters. The molecule has 0 amide bonds. The van der Waals surface area contributed by atoms with E-state index in [0.29, 0.717) is 25.7 Å². The molecule has 3 aliphatic heterocycles. The molecule has 8 rings (SSSR count). The van der Waals surface area contributed by atoms with E-state index in [-0.39, 0.29) is 48.1 Å². The van der Waals surface area contributed by atoms with Crippen molar-refractivity contribution in [3.63, 3.8) is 0 Å². The van der Waals surface area contributed by atoms with Crippen molar-refractivity contribution in [3.05, 3.63) is 24.2 Å². The molecule has 10 heteroatoms. The standard InChI is InChI=1S/C31H40O10/c1-24-15-28(36-7)23-31-19(13-21(33)38-23)25(2,22(35-6)17-8-11-37-14-17)9-10-29(31)26(3,18(24)12-20(32)34-5)30(28,16-24)40-27(4,39-29)41-31/h8,11,14,18-19,22-23H,9-10,12-13,15-16H2,1-7H3. The highest BCUT2D eigenvalue weighted by atomic mass is 16.9. The minimum Gasteiger partial charge on any atom is -0.472 e. The monoisotopic (exact) mass is 572 g/mol. The number of methoxy groups -OCH3 is 3. The minimum absolute atomic E-state index is 0.133. The van der Waals surface area contributed by atoms with Crippen molar-refractivity contribution < 1.29 is 47.2 Å². The van der Waals surface area contributed by atoms with Gasteiger partial charge in [-0.1, -0.05) is 20.8 Å². The first kappa shape index (κ1) is 26.6. The Balaban J connectivity index is 1.42. The predicted octanol–water partition coefficient (Wildman–Crippen LogP) is 4.06. The summed E-state index contributed by atoms with van der Waals surface area (Å²) in [4.78, 5) is 26.7. The Morgan fingerprint density at radius 2 is 1.80 bits per heavy atom. The van der Waals surface area contributed by atoms with Gasteiger partial charge in [0.15, 0.2) is 6.10 Å². The summed E-state index contributed by atoms with van der Waals surface area (Å²) in [5.74, 6) is -2.43. The van der Waals surface area contributed by atoms with Gasteiger partial charge in [-0.25, -0.2) is 0 Å². The average molecular weight is 573 g/mol. The summed E-state index contributed by atoms with van der Waals surface area (Å²) >= 11 is 0. The van der Waals surface area contributed by atoms with Gasteiger partial charge in [0.25, 0.3) is 5.97 Å². The molecule has 224 valence electrons. The largest absolute Gasteiger partial charge is 0.472 e. The van der Waals surface area contributed by atoms with Crippen molar-refractivity contribution in [2.75, 3.05) is 21.3 Å². The van der Waals surface area contributed by atoms with Crippen LogP contribution in [0.3, 0.4) is 0 Å². The van der Waals surface area contributed by atoms with E-state index in [1.165, 1.54) is 7.11 Å². The van der Waals surface area contributed by atoms with Gasteiger partial charge < -0.3 is 37.6 Å². The lowest BCUT2D eigenvalue weighted by Crippen LogP contribution is -2.92. The van der Waals surface area contributed by atoms with E-state index in [1.807, 2.05) is 13.0 Å². The molecular weight excluding hydrogens is 532 g/mol. The van der Waals surface area contributed by atoms with Crippen LogP contribution >= 0.6 is 0 Å². The maximum atomic E-state index is 13.7. The number of fused-ring (bicyclic) bond motifs is 3. The third kappa shape index (κ3) is 2.41. The van der Waals surface area contributed by atoms with Crippen LogP contribution in [0.15, 0.2) is 23.0 Å². The van der Waals surface area contributed by atoms with Crippen molar-refractivity contribution in [2.24, 2.45) is 28.1 Å². The zero-order chi connectivity index (χ0) is 29.1. The van der Waals surface area contributed by atoms with Crippen molar-refractivity contribution >= 4 is 11.9 Å². The topological polar surface area (TPSA) is 112 Å². The Bertz CT molecular complexity index is 1350. The number of rotatable bonds is 6. The first-order valence-electron chi connectivity index (χ1n) is 14.8. The highest BCUT2D eigenvalue weighted by Crippen LogP contribution is 2.90. The molecule has 41 heavy (non-hydrogen) atoms. The van der Waals surface area contributed by atoms with Gasteiger partial charge in [-0.05, 0) is 43.1 Å². The quantitative estimate of drug-likeness (QED) is 0.463. The number of ether oxygens (including phenoxy) is 7. The number of esters is 2. The van der Waals surface area contributed by atoms with Crippen LogP contribution in [-0.4, -0.2) is 67.7 Å². The second-order valence-corrected chi connectivity index (χ2v) is 14.6. The molecule has 4 bridgehead atoms. The van der Waals surface area contributed by atoms with Gasteiger partial charge in [0.1, 0.15) is 22.4 Å². The molecule has 1 aromatic heterocycles. The lowest BCUT2D eigenvalue weighted by atomic mass is 9.33. The van der Waals surface area contributed by atoms with E-state index in [1.54, 1.807) is 26.7 Å². The van der Waals surface area contributed by atoms with E-state index in [9.17, 15) is 9.59 Å². The van der Waals surface area contributed by atoms with Crippen molar-refractivity contribution in [2.45, 2.75) is 107 Å². The third-order valence-electron chi connectivity index (χ3n) is 13.3. The first-order chi connectivity index (χ1) is 19.3. The molecular formula is C31H40O10. The summed E-state index contributed by atoms with van der Waals surface area (Å²) in [6.45, 7) is 8.45. The normalized spacial score (nSPS) is 56.0. The maximum absolute atomic E-state index is 13.7. The lowest BCUT2D eigenvalue weighted by Gasteiger charge is -2.77. The van der Waals surface area contributed by atoms with Crippen LogP contribution < -0.4 is 0 Å². The molecule has 4 aliphatic carbocycles. The maximum Gasteiger partial charge on any atom is 0.306 e. The van der Waals surface area contributed by atoms with E-state index < -0.39 is 45.3 Å². The first-order valence-corrected chi connectivity index (χ1v) is 14.8. The Labute approximate surface area is 239 Å². The van der Waals surface area contributed by atoms with E-state index in [2.05, 4.69) is 20.8 Å². The Hall–Kier alpha value is -1.98. The Kier molecular flexibility index (Phi) is 4.79.